The number of aromatic nitrogens is 1. The number of hydrogen-bond donors (Lipinski definition) is 0. The summed E-state index contributed by atoms with van der Waals surface area (Å²) in [4.78, 5) is 16.5. The Morgan fingerprint density at radius 3 is 2.65 bits per heavy atom. The summed E-state index contributed by atoms with van der Waals surface area (Å²) in [6, 6.07) is 2.23. The molecule has 20 heavy (non-hydrogen) atoms. The third-order valence-corrected chi connectivity index (χ3v) is 4.03. The quantitative estimate of drug-likeness (QED) is 0.824. The molecule has 0 spiro atoms. The SMILES string of the molecule is CC(C)c1cc(C(=O)N2CC(N3CCOCC3)C2)no1. The Kier molecular flexibility index (Phi) is 3.76. The average Bonchev–Trinajstić information content (AvgIpc) is 2.88. The van der Waals surface area contributed by atoms with Crippen molar-refractivity contribution in [3.05, 3.63) is 17.5 Å². The number of morpholine rings is 1. The van der Waals surface area contributed by atoms with Gasteiger partial charge in [0.2, 0.25) is 0 Å². The fourth-order valence-corrected chi connectivity index (χ4v) is 2.62. The highest BCUT2D eigenvalue weighted by atomic mass is 16.5. The molecule has 1 amide bonds. The lowest BCUT2D eigenvalue weighted by Gasteiger charge is -2.46. The molecule has 2 aliphatic heterocycles. The van der Waals surface area contributed by atoms with E-state index in [9.17, 15) is 4.79 Å². The molecule has 0 radical (unpaired) electrons. The Hall–Kier alpha value is -1.40. The number of amides is 1. The predicted octanol–water partition coefficient (Wildman–Crippen LogP) is 0.955. The molecule has 0 bridgehead atoms. The van der Waals surface area contributed by atoms with E-state index in [1.54, 1.807) is 6.07 Å². The van der Waals surface area contributed by atoms with Gasteiger partial charge in [0.25, 0.3) is 5.91 Å². The van der Waals surface area contributed by atoms with Crippen LogP contribution < -0.4 is 0 Å². The van der Waals surface area contributed by atoms with E-state index in [4.69, 9.17) is 9.26 Å². The first kappa shape index (κ1) is 13.6. The summed E-state index contributed by atoms with van der Waals surface area (Å²) in [5.74, 6) is 0.991. The highest BCUT2D eigenvalue weighted by Crippen LogP contribution is 2.21. The largest absolute Gasteiger partial charge is 0.379 e. The fourth-order valence-electron chi connectivity index (χ4n) is 2.62. The molecule has 2 aliphatic rings. The van der Waals surface area contributed by atoms with Gasteiger partial charge in [-0.3, -0.25) is 9.69 Å². The summed E-state index contributed by atoms with van der Waals surface area (Å²) < 4.78 is 10.5. The maximum Gasteiger partial charge on any atom is 0.276 e. The summed E-state index contributed by atoms with van der Waals surface area (Å²) in [6.07, 6.45) is 0. The van der Waals surface area contributed by atoms with Crippen LogP contribution in [0.15, 0.2) is 10.6 Å². The Morgan fingerprint density at radius 1 is 1.35 bits per heavy atom. The summed E-state index contributed by atoms with van der Waals surface area (Å²) in [6.45, 7) is 9.13. The molecule has 1 aromatic rings. The number of nitrogens with zero attached hydrogens (tertiary/aromatic N) is 3. The lowest BCUT2D eigenvalue weighted by molar-refractivity contribution is -0.0258. The van der Waals surface area contributed by atoms with E-state index in [2.05, 4.69) is 10.1 Å². The van der Waals surface area contributed by atoms with Crippen molar-refractivity contribution in [2.24, 2.45) is 0 Å². The third kappa shape index (κ3) is 2.58. The van der Waals surface area contributed by atoms with Crippen LogP contribution in [0.25, 0.3) is 0 Å². The van der Waals surface area contributed by atoms with Gasteiger partial charge in [0.1, 0.15) is 5.76 Å². The third-order valence-electron chi connectivity index (χ3n) is 4.03. The van der Waals surface area contributed by atoms with Crippen LogP contribution in [0.3, 0.4) is 0 Å². The molecule has 2 fully saturated rings. The maximum absolute atomic E-state index is 12.3. The van der Waals surface area contributed by atoms with Crippen LogP contribution in [0.4, 0.5) is 0 Å². The highest BCUT2D eigenvalue weighted by Gasteiger charge is 2.36. The molecule has 3 heterocycles. The van der Waals surface area contributed by atoms with Gasteiger partial charge in [-0.25, -0.2) is 0 Å². The lowest BCUT2D eigenvalue weighted by Crippen LogP contribution is -2.62. The number of rotatable bonds is 3. The minimum absolute atomic E-state index is 0.0230. The van der Waals surface area contributed by atoms with Crippen molar-refractivity contribution < 1.29 is 14.1 Å². The Labute approximate surface area is 118 Å². The van der Waals surface area contributed by atoms with Crippen LogP contribution in [-0.4, -0.2) is 66.3 Å². The number of likely N-dealkylation sites (tertiary alicyclic amines) is 1. The van der Waals surface area contributed by atoms with E-state index in [1.165, 1.54) is 0 Å². The Balaban J connectivity index is 1.54. The lowest BCUT2D eigenvalue weighted by atomic mass is 10.1. The molecule has 1 aromatic heterocycles. The molecule has 3 rings (SSSR count). The first-order valence-corrected chi connectivity index (χ1v) is 7.23. The minimum Gasteiger partial charge on any atom is -0.379 e. The van der Waals surface area contributed by atoms with Gasteiger partial charge in [0.05, 0.1) is 13.2 Å². The van der Waals surface area contributed by atoms with Gasteiger partial charge in [-0.15, -0.1) is 0 Å². The van der Waals surface area contributed by atoms with E-state index < -0.39 is 0 Å². The summed E-state index contributed by atoms with van der Waals surface area (Å²) in [7, 11) is 0. The highest BCUT2D eigenvalue weighted by molar-refractivity contribution is 5.92. The molecule has 6 heteroatoms. The van der Waals surface area contributed by atoms with Crippen LogP contribution in [0.2, 0.25) is 0 Å². The zero-order valence-electron chi connectivity index (χ0n) is 12.0. The maximum atomic E-state index is 12.3. The van der Waals surface area contributed by atoms with Crippen molar-refractivity contribution in [1.29, 1.82) is 0 Å². The van der Waals surface area contributed by atoms with Gasteiger partial charge in [-0.2, -0.15) is 0 Å². The fraction of sp³-hybridized carbons (Fsp3) is 0.714. The van der Waals surface area contributed by atoms with Crippen LogP contribution in [-0.2, 0) is 4.74 Å². The van der Waals surface area contributed by atoms with Crippen molar-refractivity contribution in [1.82, 2.24) is 15.0 Å². The number of hydrogen-bond acceptors (Lipinski definition) is 5. The van der Waals surface area contributed by atoms with Crippen molar-refractivity contribution >= 4 is 5.91 Å². The molecule has 6 nitrogen and oxygen atoms in total. The first-order valence-electron chi connectivity index (χ1n) is 7.23. The van der Waals surface area contributed by atoms with E-state index in [1.807, 2.05) is 18.7 Å². The van der Waals surface area contributed by atoms with E-state index in [0.29, 0.717) is 11.7 Å². The van der Waals surface area contributed by atoms with Gasteiger partial charge < -0.3 is 14.2 Å². The van der Waals surface area contributed by atoms with Gasteiger partial charge in [-0.05, 0) is 0 Å². The second-order valence-electron chi connectivity index (χ2n) is 5.78. The number of ether oxygens (including phenoxy) is 1. The van der Waals surface area contributed by atoms with Gasteiger partial charge >= 0.3 is 0 Å². The van der Waals surface area contributed by atoms with Crippen molar-refractivity contribution in [3.63, 3.8) is 0 Å². The van der Waals surface area contributed by atoms with E-state index >= 15 is 0 Å². The smallest absolute Gasteiger partial charge is 0.276 e. The molecule has 0 atom stereocenters. The summed E-state index contributed by atoms with van der Waals surface area (Å²) in [5.41, 5.74) is 0.425. The Morgan fingerprint density at radius 2 is 2.05 bits per heavy atom. The Bertz CT molecular complexity index is 474. The molecule has 110 valence electrons. The first-order chi connectivity index (χ1) is 9.65. The summed E-state index contributed by atoms with van der Waals surface area (Å²) in [5, 5.41) is 3.88. The van der Waals surface area contributed by atoms with Gasteiger partial charge in [-0.1, -0.05) is 19.0 Å². The molecular weight excluding hydrogens is 258 g/mol. The predicted molar refractivity (Wildman–Crippen MR) is 72.7 cm³/mol. The van der Waals surface area contributed by atoms with Crippen LogP contribution in [0.5, 0.6) is 0 Å². The summed E-state index contributed by atoms with van der Waals surface area (Å²) >= 11 is 0. The topological polar surface area (TPSA) is 58.8 Å². The zero-order chi connectivity index (χ0) is 14.1. The van der Waals surface area contributed by atoms with Crippen LogP contribution in [0, 0.1) is 0 Å². The second-order valence-corrected chi connectivity index (χ2v) is 5.78. The molecule has 0 aromatic carbocycles. The van der Waals surface area contributed by atoms with E-state index in [-0.39, 0.29) is 11.8 Å². The van der Waals surface area contributed by atoms with Crippen molar-refractivity contribution in [2.75, 3.05) is 39.4 Å². The van der Waals surface area contributed by atoms with Gasteiger partial charge in [0.15, 0.2) is 5.69 Å². The van der Waals surface area contributed by atoms with E-state index in [0.717, 1.165) is 45.2 Å². The molecular formula is C14H21N3O3. The monoisotopic (exact) mass is 279 g/mol. The number of carbonyl (C=O) groups excluding carboxylic acids is 1. The minimum atomic E-state index is -0.0230. The molecule has 0 aliphatic carbocycles. The zero-order valence-corrected chi connectivity index (χ0v) is 12.0. The average molecular weight is 279 g/mol. The van der Waals surface area contributed by atoms with Crippen LogP contribution >= 0.6 is 0 Å². The van der Waals surface area contributed by atoms with Crippen molar-refractivity contribution in [2.45, 2.75) is 25.8 Å². The van der Waals surface area contributed by atoms with Gasteiger partial charge in [0, 0.05) is 44.2 Å². The molecule has 0 N–H and O–H groups in total. The standard InChI is InChI=1S/C14H21N3O3/c1-10(2)13-7-12(15-20-13)14(18)17-8-11(9-17)16-3-5-19-6-4-16/h7,10-11H,3-6,8-9H2,1-2H3. The molecule has 0 unspecified atom stereocenters. The number of carbonyl (C=O) groups is 1. The molecule has 2 saturated heterocycles. The normalized spacial score (nSPS) is 21.2. The second kappa shape index (κ2) is 5.54. The molecule has 0 saturated carbocycles. The van der Waals surface area contributed by atoms with Crippen molar-refractivity contribution in [3.8, 4) is 0 Å². The van der Waals surface area contributed by atoms with Crippen LogP contribution in [0.1, 0.15) is 36.0 Å².